The zero-order valence-corrected chi connectivity index (χ0v) is 20.9. The fourth-order valence-corrected chi connectivity index (χ4v) is 4.05. The van der Waals surface area contributed by atoms with Crippen LogP contribution in [0.1, 0.15) is 23.1 Å². The number of aliphatic imine (C=N–C) groups is 1. The maximum Gasteiger partial charge on any atom is 0.252 e. The molecule has 1 aliphatic heterocycles. The molecule has 1 atom stereocenters. The third-order valence-electron chi connectivity index (χ3n) is 5.72. The molecule has 9 heteroatoms. The molecule has 4 rings (SSSR count). The lowest BCUT2D eigenvalue weighted by Crippen LogP contribution is -2.48. The van der Waals surface area contributed by atoms with Gasteiger partial charge >= 0.3 is 0 Å². The molecular weight excluding hydrogens is 534 g/mol. The molecule has 188 valence electrons. The second kappa shape index (κ2) is 11.6. The van der Waals surface area contributed by atoms with Crippen molar-refractivity contribution in [2.45, 2.75) is 24.9 Å². The number of amides is 1. The van der Waals surface area contributed by atoms with E-state index in [0.717, 1.165) is 28.2 Å². The monoisotopic (exact) mass is 558 g/mol. The van der Waals surface area contributed by atoms with Gasteiger partial charge in [-0.3, -0.25) is 4.79 Å². The van der Waals surface area contributed by atoms with Crippen LogP contribution in [0.3, 0.4) is 0 Å². The summed E-state index contributed by atoms with van der Waals surface area (Å²) in [7, 11) is 0. The molecule has 0 aromatic heterocycles. The van der Waals surface area contributed by atoms with Crippen molar-refractivity contribution in [3.05, 3.63) is 99.5 Å². The summed E-state index contributed by atoms with van der Waals surface area (Å²) < 4.78 is 40.0. The molecule has 2 N–H and O–H groups in total. The summed E-state index contributed by atoms with van der Waals surface area (Å²) in [6.07, 6.45) is 0.786. The fourth-order valence-electron chi connectivity index (χ4n) is 3.79. The molecule has 6 nitrogen and oxygen atoms in total. The number of carbonyl (C=O) groups excluding carboxylic acids is 1. The van der Waals surface area contributed by atoms with E-state index in [9.17, 15) is 13.6 Å². The lowest BCUT2D eigenvalue weighted by atomic mass is 9.91. The number of rotatable bonds is 10. The van der Waals surface area contributed by atoms with Gasteiger partial charge in [0.05, 0.1) is 6.61 Å². The van der Waals surface area contributed by atoms with Crippen LogP contribution in [-0.4, -0.2) is 42.3 Å². The molecule has 0 bridgehead atoms. The van der Waals surface area contributed by atoms with Crippen molar-refractivity contribution >= 4 is 27.7 Å². The molecule has 0 radical (unpaired) electrons. The molecule has 3 aromatic rings. The van der Waals surface area contributed by atoms with Gasteiger partial charge in [-0.05, 0) is 60.2 Å². The topological polar surface area (TPSA) is 80.2 Å². The van der Waals surface area contributed by atoms with Crippen molar-refractivity contribution in [3.8, 4) is 5.75 Å². The Morgan fingerprint density at radius 3 is 2.58 bits per heavy atom. The molecular formula is C27H25BrF2N2O4. The smallest absolute Gasteiger partial charge is 0.252 e. The van der Waals surface area contributed by atoms with Gasteiger partial charge in [0.1, 0.15) is 24.0 Å². The minimum absolute atomic E-state index is 0.00931. The standard InChI is InChI=1S/C27H25BrF2N2O4/c28-21-6-2-18(3-7-21)15-27(26(34)31-16-20-14-22(29)8-11-24(20)30)17-36-25(32-27)19-4-9-23(10-5-19)35-13-1-12-33/h2-11,14,33H,1,12-13,15-17H2,(H,31,34)/t27-/m1/s1. The van der Waals surface area contributed by atoms with Crippen LogP contribution in [0.15, 0.2) is 76.2 Å². The van der Waals surface area contributed by atoms with E-state index in [1.807, 2.05) is 24.3 Å². The number of ether oxygens (including phenoxy) is 2. The van der Waals surface area contributed by atoms with E-state index >= 15 is 0 Å². The Hall–Kier alpha value is -3.30. The first-order valence-electron chi connectivity index (χ1n) is 11.4. The SMILES string of the molecule is O=C(NCc1cc(F)ccc1F)[C@@]1(Cc2ccc(Br)cc2)COC(c2ccc(OCCCO)cc2)=N1. The number of nitrogens with zero attached hydrogens (tertiary/aromatic N) is 1. The second-order valence-electron chi connectivity index (χ2n) is 8.41. The van der Waals surface area contributed by atoms with E-state index in [4.69, 9.17) is 19.6 Å². The quantitative estimate of drug-likeness (QED) is 0.357. The number of aliphatic hydroxyl groups is 1. The molecule has 1 aliphatic rings. The van der Waals surface area contributed by atoms with Crippen LogP contribution in [0.4, 0.5) is 8.78 Å². The third-order valence-corrected chi connectivity index (χ3v) is 6.24. The number of hydrogen-bond donors (Lipinski definition) is 2. The van der Waals surface area contributed by atoms with E-state index in [1.165, 1.54) is 0 Å². The highest BCUT2D eigenvalue weighted by Gasteiger charge is 2.44. The molecule has 0 saturated carbocycles. The number of benzene rings is 3. The van der Waals surface area contributed by atoms with E-state index in [0.29, 0.717) is 30.2 Å². The van der Waals surface area contributed by atoms with E-state index in [2.05, 4.69) is 21.2 Å². The Morgan fingerprint density at radius 2 is 1.86 bits per heavy atom. The normalized spacial score (nSPS) is 16.8. The summed E-state index contributed by atoms with van der Waals surface area (Å²) in [4.78, 5) is 18.1. The first-order valence-corrected chi connectivity index (χ1v) is 12.2. The molecule has 0 aliphatic carbocycles. The number of halogens is 3. The van der Waals surface area contributed by atoms with Crippen LogP contribution >= 0.6 is 15.9 Å². The number of carbonyl (C=O) groups is 1. The number of aliphatic hydroxyl groups excluding tert-OH is 1. The van der Waals surface area contributed by atoms with Crippen molar-refractivity contribution in [2.24, 2.45) is 4.99 Å². The number of hydrogen-bond acceptors (Lipinski definition) is 5. The zero-order chi connectivity index (χ0) is 25.5. The zero-order valence-electron chi connectivity index (χ0n) is 19.3. The first kappa shape index (κ1) is 25.8. The fraction of sp³-hybridized carbons (Fsp3) is 0.259. The number of nitrogens with one attached hydrogen (secondary N) is 1. The summed E-state index contributed by atoms with van der Waals surface area (Å²) in [5.74, 6) is -0.693. The Labute approximate surface area is 216 Å². The van der Waals surface area contributed by atoms with Crippen LogP contribution < -0.4 is 10.1 Å². The molecule has 1 amide bonds. The Kier molecular flexibility index (Phi) is 8.32. The van der Waals surface area contributed by atoms with Gasteiger partial charge in [-0.1, -0.05) is 28.1 Å². The highest BCUT2D eigenvalue weighted by Crippen LogP contribution is 2.28. The van der Waals surface area contributed by atoms with E-state index < -0.39 is 23.1 Å². The Bertz CT molecular complexity index is 1240. The average Bonchev–Trinajstić information content (AvgIpc) is 3.31. The summed E-state index contributed by atoms with van der Waals surface area (Å²) in [5.41, 5.74) is 0.295. The minimum atomic E-state index is -1.29. The van der Waals surface area contributed by atoms with Crippen molar-refractivity contribution < 1.29 is 28.2 Å². The maximum atomic E-state index is 14.1. The first-order chi connectivity index (χ1) is 17.4. The third kappa shape index (κ3) is 6.27. The van der Waals surface area contributed by atoms with Gasteiger partial charge in [-0.15, -0.1) is 0 Å². The minimum Gasteiger partial charge on any atom is -0.494 e. The lowest BCUT2D eigenvalue weighted by Gasteiger charge is -2.23. The van der Waals surface area contributed by atoms with Crippen LogP contribution in [0.25, 0.3) is 0 Å². The summed E-state index contributed by atoms with van der Waals surface area (Å²) in [6, 6.07) is 17.7. The predicted molar refractivity (Wildman–Crippen MR) is 135 cm³/mol. The summed E-state index contributed by atoms with van der Waals surface area (Å²) in [6.45, 7) is 0.257. The van der Waals surface area contributed by atoms with Crippen molar-refractivity contribution in [2.75, 3.05) is 19.8 Å². The Morgan fingerprint density at radius 1 is 1.11 bits per heavy atom. The van der Waals surface area contributed by atoms with Crippen LogP contribution in [0, 0.1) is 11.6 Å². The van der Waals surface area contributed by atoms with Crippen LogP contribution in [0.5, 0.6) is 5.75 Å². The van der Waals surface area contributed by atoms with Crippen molar-refractivity contribution in [3.63, 3.8) is 0 Å². The van der Waals surface area contributed by atoms with Gasteiger partial charge in [0.15, 0.2) is 5.54 Å². The lowest BCUT2D eigenvalue weighted by molar-refractivity contribution is -0.126. The van der Waals surface area contributed by atoms with Gasteiger partial charge in [-0.25, -0.2) is 13.8 Å². The molecule has 1 heterocycles. The molecule has 0 unspecified atom stereocenters. The largest absolute Gasteiger partial charge is 0.494 e. The van der Waals surface area contributed by atoms with Gasteiger partial charge in [0.25, 0.3) is 5.91 Å². The van der Waals surface area contributed by atoms with Crippen molar-refractivity contribution in [1.29, 1.82) is 0 Å². The van der Waals surface area contributed by atoms with Gasteiger partial charge in [0.2, 0.25) is 5.90 Å². The second-order valence-corrected chi connectivity index (χ2v) is 9.32. The van der Waals surface area contributed by atoms with Crippen LogP contribution in [0.2, 0.25) is 0 Å². The highest BCUT2D eigenvalue weighted by molar-refractivity contribution is 9.10. The molecule has 0 fully saturated rings. The highest BCUT2D eigenvalue weighted by atomic mass is 79.9. The molecule has 3 aromatic carbocycles. The molecule has 36 heavy (non-hydrogen) atoms. The van der Waals surface area contributed by atoms with Gasteiger partial charge in [0, 0.05) is 41.6 Å². The predicted octanol–water partition coefficient (Wildman–Crippen LogP) is 4.56. The maximum absolute atomic E-state index is 14.1. The summed E-state index contributed by atoms with van der Waals surface area (Å²) >= 11 is 3.41. The average molecular weight is 559 g/mol. The molecule has 0 saturated heterocycles. The van der Waals surface area contributed by atoms with Crippen molar-refractivity contribution in [1.82, 2.24) is 5.32 Å². The van der Waals surface area contributed by atoms with Crippen LogP contribution in [-0.2, 0) is 22.5 Å². The van der Waals surface area contributed by atoms with E-state index in [1.54, 1.807) is 24.3 Å². The van der Waals surface area contributed by atoms with E-state index in [-0.39, 0.29) is 31.7 Å². The summed E-state index contributed by atoms with van der Waals surface area (Å²) in [5, 5.41) is 11.6. The van der Waals surface area contributed by atoms with Gasteiger partial charge < -0.3 is 19.9 Å². The van der Waals surface area contributed by atoms with Gasteiger partial charge in [-0.2, -0.15) is 0 Å². The molecule has 0 spiro atoms. The Balaban J connectivity index is 1.57.